The molecule has 1 aliphatic heterocycles. The number of hydrogen-bond acceptors (Lipinski definition) is 3. The number of ether oxygens (including phenoxy) is 1. The summed E-state index contributed by atoms with van der Waals surface area (Å²) < 4.78 is 32.3. The molecular weight excluding hydrogens is 426 g/mol. The predicted octanol–water partition coefficient (Wildman–Crippen LogP) is 4.64. The summed E-state index contributed by atoms with van der Waals surface area (Å²) in [6.07, 6.45) is 1.02. The van der Waals surface area contributed by atoms with Crippen molar-refractivity contribution in [2.75, 3.05) is 27.2 Å². The van der Waals surface area contributed by atoms with E-state index in [4.69, 9.17) is 4.74 Å². The fourth-order valence-corrected chi connectivity index (χ4v) is 4.32. The molecule has 33 heavy (non-hydrogen) atoms. The summed E-state index contributed by atoms with van der Waals surface area (Å²) >= 11 is 0. The van der Waals surface area contributed by atoms with E-state index in [9.17, 15) is 18.4 Å². The number of benzene rings is 3. The number of methoxy groups -OCH3 is 1. The summed E-state index contributed by atoms with van der Waals surface area (Å²) in [6.45, 7) is 1.20. The molecule has 0 saturated carbocycles. The normalized spacial score (nSPS) is 14.4. The first-order valence-corrected chi connectivity index (χ1v) is 10.9. The van der Waals surface area contributed by atoms with Crippen LogP contribution in [0.25, 0.3) is 10.8 Å². The van der Waals surface area contributed by atoms with Crippen LogP contribution in [0.5, 0.6) is 5.75 Å². The van der Waals surface area contributed by atoms with E-state index in [2.05, 4.69) is 6.07 Å². The Morgan fingerprint density at radius 1 is 1.00 bits per heavy atom. The van der Waals surface area contributed by atoms with Gasteiger partial charge in [0.15, 0.2) is 0 Å². The highest BCUT2D eigenvalue weighted by atomic mass is 19.1. The lowest BCUT2D eigenvalue weighted by atomic mass is 9.94. The smallest absolute Gasteiger partial charge is 0.256 e. The molecule has 4 rings (SSSR count). The van der Waals surface area contributed by atoms with E-state index in [1.165, 1.54) is 4.90 Å². The molecule has 0 aromatic heterocycles. The van der Waals surface area contributed by atoms with E-state index in [1.54, 1.807) is 19.1 Å². The van der Waals surface area contributed by atoms with Crippen LogP contribution >= 0.6 is 0 Å². The zero-order valence-corrected chi connectivity index (χ0v) is 18.7. The minimum atomic E-state index is -0.869. The lowest BCUT2D eigenvalue weighted by molar-refractivity contribution is -0.136. The summed E-state index contributed by atoms with van der Waals surface area (Å²) in [4.78, 5) is 28.8. The van der Waals surface area contributed by atoms with Gasteiger partial charge >= 0.3 is 0 Å². The quantitative estimate of drug-likeness (QED) is 0.567. The molecule has 1 heterocycles. The number of fused-ring (bicyclic) bond motifs is 1. The van der Waals surface area contributed by atoms with Crippen molar-refractivity contribution in [3.05, 3.63) is 77.4 Å². The van der Waals surface area contributed by atoms with Crippen molar-refractivity contribution in [1.29, 1.82) is 0 Å². The van der Waals surface area contributed by atoms with Crippen LogP contribution < -0.4 is 4.74 Å². The van der Waals surface area contributed by atoms with Gasteiger partial charge in [-0.2, -0.15) is 0 Å². The molecule has 5 nitrogen and oxygen atoms in total. The Hall–Kier alpha value is -3.48. The number of rotatable bonds is 5. The monoisotopic (exact) mass is 452 g/mol. The fourth-order valence-electron chi connectivity index (χ4n) is 4.32. The number of amides is 2. The lowest BCUT2D eigenvalue weighted by Gasteiger charge is -2.33. The number of piperidine rings is 1. The van der Waals surface area contributed by atoms with Gasteiger partial charge in [-0.15, -0.1) is 0 Å². The highest BCUT2D eigenvalue weighted by Crippen LogP contribution is 2.25. The molecule has 172 valence electrons. The van der Waals surface area contributed by atoms with Gasteiger partial charge in [0.05, 0.1) is 12.7 Å². The van der Waals surface area contributed by atoms with Gasteiger partial charge in [-0.3, -0.25) is 9.59 Å². The van der Waals surface area contributed by atoms with Gasteiger partial charge in [0.25, 0.3) is 5.91 Å². The molecule has 3 aromatic rings. The van der Waals surface area contributed by atoms with Crippen molar-refractivity contribution in [1.82, 2.24) is 9.80 Å². The van der Waals surface area contributed by atoms with Crippen LogP contribution in [0, 0.1) is 17.6 Å². The maximum absolute atomic E-state index is 14.0. The van der Waals surface area contributed by atoms with Gasteiger partial charge in [-0.05, 0) is 59.5 Å². The topological polar surface area (TPSA) is 49.9 Å². The van der Waals surface area contributed by atoms with Gasteiger partial charge in [-0.25, -0.2) is 8.78 Å². The average molecular weight is 453 g/mol. The largest absolute Gasteiger partial charge is 0.497 e. The molecule has 0 aliphatic carbocycles. The average Bonchev–Trinajstić information content (AvgIpc) is 2.83. The van der Waals surface area contributed by atoms with E-state index in [0.717, 1.165) is 34.2 Å². The van der Waals surface area contributed by atoms with Crippen molar-refractivity contribution in [3.8, 4) is 5.75 Å². The molecular formula is C26H26F2N2O3. The Labute approximate surface area is 191 Å². The molecule has 7 heteroatoms. The van der Waals surface area contributed by atoms with E-state index in [-0.39, 0.29) is 17.4 Å². The summed E-state index contributed by atoms with van der Waals surface area (Å²) in [7, 11) is 3.42. The standard InChI is InChI=1S/C26H26F2N2O3/c1-29(16-17-3-4-20-14-22(33-2)7-5-19(20)13-17)25(31)18-9-11-30(12-10-18)26(32)23-8-6-21(27)15-24(23)28/h3-8,13-15,18H,9-12,16H2,1-2H3. The molecule has 1 saturated heterocycles. The maximum Gasteiger partial charge on any atom is 0.256 e. The zero-order chi connectivity index (χ0) is 23.5. The molecule has 2 amide bonds. The van der Waals surface area contributed by atoms with Crippen molar-refractivity contribution < 1.29 is 23.1 Å². The summed E-state index contributed by atoms with van der Waals surface area (Å²) in [5.41, 5.74) is 0.884. The number of likely N-dealkylation sites (tertiary alicyclic amines) is 1. The molecule has 0 unspecified atom stereocenters. The Morgan fingerprint density at radius 2 is 1.70 bits per heavy atom. The molecule has 1 fully saturated rings. The zero-order valence-electron chi connectivity index (χ0n) is 18.7. The van der Waals surface area contributed by atoms with Crippen LogP contribution in [-0.2, 0) is 11.3 Å². The minimum Gasteiger partial charge on any atom is -0.497 e. The van der Waals surface area contributed by atoms with Crippen molar-refractivity contribution in [3.63, 3.8) is 0 Å². The first kappa shape index (κ1) is 22.7. The van der Waals surface area contributed by atoms with Gasteiger partial charge in [0.1, 0.15) is 17.4 Å². The molecule has 0 bridgehead atoms. The molecule has 0 spiro atoms. The molecule has 3 aromatic carbocycles. The molecule has 0 N–H and O–H groups in total. The van der Waals surface area contributed by atoms with Crippen LogP contribution in [0.15, 0.2) is 54.6 Å². The third kappa shape index (κ3) is 4.97. The van der Waals surface area contributed by atoms with Crippen molar-refractivity contribution in [2.45, 2.75) is 19.4 Å². The minimum absolute atomic E-state index is 0.0323. The van der Waals surface area contributed by atoms with Crippen LogP contribution in [-0.4, -0.2) is 48.9 Å². The number of halogens is 2. The molecule has 0 atom stereocenters. The summed E-state index contributed by atoms with van der Waals surface area (Å²) in [5, 5.41) is 2.15. The summed E-state index contributed by atoms with van der Waals surface area (Å²) in [6, 6.07) is 14.9. The molecule has 0 radical (unpaired) electrons. The third-order valence-corrected chi connectivity index (χ3v) is 6.20. The van der Waals surface area contributed by atoms with Gasteiger partial charge in [0, 0.05) is 38.7 Å². The van der Waals surface area contributed by atoms with E-state index in [0.29, 0.717) is 38.5 Å². The number of carbonyl (C=O) groups excluding carboxylic acids is 2. The predicted molar refractivity (Wildman–Crippen MR) is 122 cm³/mol. The Morgan fingerprint density at radius 3 is 2.39 bits per heavy atom. The number of carbonyl (C=O) groups is 2. The van der Waals surface area contributed by atoms with Crippen LogP contribution in [0.3, 0.4) is 0 Å². The highest BCUT2D eigenvalue weighted by molar-refractivity contribution is 5.94. The second kappa shape index (κ2) is 9.57. The fraction of sp³-hybridized carbons (Fsp3) is 0.308. The van der Waals surface area contributed by atoms with E-state index in [1.807, 2.05) is 30.3 Å². The molecule has 1 aliphatic rings. The number of nitrogens with zero attached hydrogens (tertiary/aromatic N) is 2. The Kier molecular flexibility index (Phi) is 6.58. The maximum atomic E-state index is 14.0. The Bertz CT molecular complexity index is 1190. The first-order valence-electron chi connectivity index (χ1n) is 10.9. The first-order chi connectivity index (χ1) is 15.9. The SMILES string of the molecule is COc1ccc2cc(CN(C)C(=O)C3CCN(C(=O)c4ccc(F)cc4F)CC3)ccc2c1. The van der Waals surface area contributed by atoms with Crippen LogP contribution in [0.4, 0.5) is 8.78 Å². The van der Waals surface area contributed by atoms with Crippen molar-refractivity contribution >= 4 is 22.6 Å². The van der Waals surface area contributed by atoms with E-state index >= 15 is 0 Å². The second-order valence-electron chi connectivity index (χ2n) is 8.43. The van der Waals surface area contributed by atoms with Gasteiger partial charge in [0.2, 0.25) is 5.91 Å². The van der Waals surface area contributed by atoms with Crippen LogP contribution in [0.1, 0.15) is 28.8 Å². The highest BCUT2D eigenvalue weighted by Gasteiger charge is 2.30. The van der Waals surface area contributed by atoms with Crippen LogP contribution in [0.2, 0.25) is 0 Å². The second-order valence-corrected chi connectivity index (χ2v) is 8.43. The third-order valence-electron chi connectivity index (χ3n) is 6.20. The number of hydrogen-bond donors (Lipinski definition) is 0. The Balaban J connectivity index is 1.35. The lowest BCUT2D eigenvalue weighted by Crippen LogP contribution is -2.43. The summed E-state index contributed by atoms with van der Waals surface area (Å²) in [5.74, 6) is -1.42. The van der Waals surface area contributed by atoms with Gasteiger partial charge in [-0.1, -0.05) is 18.2 Å². The van der Waals surface area contributed by atoms with Crippen molar-refractivity contribution in [2.24, 2.45) is 5.92 Å². The van der Waals surface area contributed by atoms with E-state index < -0.39 is 17.5 Å². The van der Waals surface area contributed by atoms with Gasteiger partial charge < -0.3 is 14.5 Å².